The van der Waals surface area contributed by atoms with Gasteiger partial charge in [0.15, 0.2) is 0 Å². The van der Waals surface area contributed by atoms with Crippen LogP contribution in [0.15, 0.2) is 66.4 Å². The fraction of sp³-hybridized carbons (Fsp3) is 0.280. The molecule has 0 saturated heterocycles. The average Bonchev–Trinajstić information content (AvgIpc) is 3.19. The van der Waals surface area contributed by atoms with Crippen molar-refractivity contribution >= 4 is 28.1 Å². The average molecular weight is 552 g/mol. The molecule has 0 fully saturated rings. The first kappa shape index (κ1) is 28.0. The first-order valence-corrected chi connectivity index (χ1v) is 14.6. The van der Waals surface area contributed by atoms with Crippen molar-refractivity contribution in [1.29, 1.82) is 0 Å². The molecule has 31 heavy (non-hydrogen) atoms. The summed E-state index contributed by atoms with van der Waals surface area (Å²) in [6.07, 6.45) is 0. The normalized spacial score (nSPS) is 14.6. The molecule has 1 aliphatic rings. The number of hydrogen-bond donors (Lipinski definition) is 0. The predicted molar refractivity (Wildman–Crippen MR) is 123 cm³/mol. The molecule has 3 aromatic rings. The molecule has 1 aliphatic carbocycles. The van der Waals surface area contributed by atoms with Crippen LogP contribution in [0.4, 0.5) is 0 Å². The van der Waals surface area contributed by atoms with Crippen molar-refractivity contribution in [2.75, 3.05) is 7.11 Å². The van der Waals surface area contributed by atoms with E-state index in [9.17, 15) is 0 Å². The standard InChI is InChI=1S/C22H23O2Si.C3H6.2ClH.Zr/c1-23-22-20(18-14-13-15-9-5-6-10-16(15)18)17-11-7-8-12-19(17)21(22)24-25(2,3)4;1-3-2;;;/h5-14,20H,1-4H3;1-2H3;2*1H;/q-1;;;;+2/p-2. The summed E-state index contributed by atoms with van der Waals surface area (Å²) in [5, 5.41) is 2.55. The van der Waals surface area contributed by atoms with Crippen molar-refractivity contribution in [3.8, 4) is 0 Å². The summed E-state index contributed by atoms with van der Waals surface area (Å²) in [7, 11) is 0.00210. The zero-order chi connectivity index (χ0) is 21.2. The molecule has 0 aliphatic heterocycles. The fourth-order valence-corrected chi connectivity index (χ4v) is 4.54. The van der Waals surface area contributed by atoms with E-state index < -0.39 is 8.32 Å². The molecule has 0 heterocycles. The van der Waals surface area contributed by atoms with Gasteiger partial charge in [0.1, 0.15) is 11.5 Å². The molecule has 0 bridgehead atoms. The number of rotatable bonds is 4. The molecule has 3 aromatic carbocycles. The molecular weight excluding hydrogens is 522 g/mol. The molecule has 0 saturated carbocycles. The maximum atomic E-state index is 6.46. The molecule has 1 atom stereocenters. The molecule has 0 N–H and O–H groups in total. The van der Waals surface area contributed by atoms with E-state index in [1.807, 2.05) is 0 Å². The second kappa shape index (κ2) is 11.7. The zero-order valence-electron chi connectivity index (χ0n) is 18.9. The molecule has 0 aromatic heterocycles. The maximum Gasteiger partial charge on any atom is -1.00 e. The molecular formula is C25H29Cl2O2SiZr-. The topological polar surface area (TPSA) is 18.5 Å². The number of fused-ring (bicyclic) bond motifs is 2. The van der Waals surface area contributed by atoms with Gasteiger partial charge in [0.05, 0.1) is 7.11 Å². The van der Waals surface area contributed by atoms with E-state index in [1.54, 1.807) is 31.3 Å². The van der Waals surface area contributed by atoms with Crippen LogP contribution in [-0.4, -0.2) is 18.6 Å². The summed E-state index contributed by atoms with van der Waals surface area (Å²) >= 11 is 1.55. The van der Waals surface area contributed by atoms with Gasteiger partial charge >= 0.3 is 41.3 Å². The van der Waals surface area contributed by atoms with Crippen LogP contribution in [0.3, 0.4) is 0 Å². The minimum Gasteiger partial charge on any atom is -1.00 e. The van der Waals surface area contributed by atoms with E-state index in [2.05, 4.69) is 94.2 Å². The minimum absolute atomic E-state index is 0. The summed E-state index contributed by atoms with van der Waals surface area (Å²) in [5.41, 5.74) is 3.72. The zero-order valence-corrected chi connectivity index (χ0v) is 23.9. The first-order valence-electron chi connectivity index (χ1n) is 9.95. The van der Waals surface area contributed by atoms with Gasteiger partial charge in [-0.15, -0.1) is 40.6 Å². The molecule has 0 spiro atoms. The van der Waals surface area contributed by atoms with Crippen LogP contribution in [-0.2, 0) is 33.4 Å². The van der Waals surface area contributed by atoms with Gasteiger partial charge < -0.3 is 34.0 Å². The summed E-state index contributed by atoms with van der Waals surface area (Å²) in [6.45, 7) is 10.9. The second-order valence-corrected chi connectivity index (χ2v) is 15.4. The Labute approximate surface area is 214 Å². The van der Waals surface area contributed by atoms with Gasteiger partial charge in [-0.2, -0.15) is 6.07 Å². The Morgan fingerprint density at radius 2 is 1.52 bits per heavy atom. The van der Waals surface area contributed by atoms with Gasteiger partial charge in [0, 0.05) is 11.5 Å². The van der Waals surface area contributed by atoms with Crippen molar-refractivity contribution in [1.82, 2.24) is 0 Å². The van der Waals surface area contributed by atoms with Gasteiger partial charge in [-0.25, -0.2) is 0 Å². The second-order valence-electron chi connectivity index (χ2n) is 8.51. The molecule has 6 heteroatoms. The van der Waals surface area contributed by atoms with Gasteiger partial charge in [-0.1, -0.05) is 30.3 Å². The van der Waals surface area contributed by atoms with Gasteiger partial charge in [0.2, 0.25) is 8.32 Å². The molecule has 4 rings (SSSR count). The fourth-order valence-electron chi connectivity index (χ4n) is 3.72. The summed E-state index contributed by atoms with van der Waals surface area (Å²) in [6, 6.07) is 21.5. The molecule has 0 radical (unpaired) electrons. The number of methoxy groups -OCH3 is 1. The predicted octanol–water partition coefficient (Wildman–Crippen LogP) is 0.624. The van der Waals surface area contributed by atoms with E-state index in [1.165, 1.54) is 25.1 Å². The Kier molecular flexibility index (Phi) is 10.6. The monoisotopic (exact) mass is 549 g/mol. The Morgan fingerprint density at radius 1 is 0.935 bits per heavy atom. The third kappa shape index (κ3) is 6.48. The van der Waals surface area contributed by atoms with Crippen molar-refractivity contribution in [2.24, 2.45) is 0 Å². The Bertz CT molecular complexity index is 1060. The van der Waals surface area contributed by atoms with Crippen LogP contribution in [0, 0.1) is 0 Å². The van der Waals surface area contributed by atoms with Gasteiger partial charge in [-0.05, 0) is 25.2 Å². The van der Waals surface area contributed by atoms with Gasteiger partial charge in [-0.3, -0.25) is 0 Å². The number of ether oxygens (including phenoxy) is 1. The van der Waals surface area contributed by atoms with Crippen molar-refractivity contribution in [2.45, 2.75) is 39.4 Å². The molecule has 0 amide bonds. The smallest absolute Gasteiger partial charge is 1.00 e. The van der Waals surface area contributed by atoms with E-state index in [-0.39, 0.29) is 30.7 Å². The largest absolute Gasteiger partial charge is 1.00 e. The van der Waals surface area contributed by atoms with Crippen LogP contribution >= 0.6 is 0 Å². The van der Waals surface area contributed by atoms with Crippen LogP contribution in [0.5, 0.6) is 0 Å². The number of hydrogen-bond acceptors (Lipinski definition) is 2. The van der Waals surface area contributed by atoms with Crippen LogP contribution in [0.1, 0.15) is 36.5 Å². The molecule has 1 unspecified atom stereocenters. The first-order chi connectivity index (χ1) is 13.7. The van der Waals surface area contributed by atoms with Crippen LogP contribution in [0.2, 0.25) is 19.6 Å². The number of halogens is 2. The Hall–Kier alpha value is -1.06. The molecule has 2 nitrogen and oxygen atoms in total. The maximum absolute atomic E-state index is 6.46. The van der Waals surface area contributed by atoms with E-state index in [4.69, 9.17) is 9.16 Å². The SMILES string of the molecule is COC1=C(O[Si](C)(C)C)c2ccccc2C1[c-]1ccc2ccccc21.C[C](C)=[Zr+2].[Cl-].[Cl-]. The van der Waals surface area contributed by atoms with E-state index in [0.717, 1.165) is 17.1 Å². The van der Waals surface area contributed by atoms with Crippen LogP contribution < -0.4 is 24.8 Å². The third-order valence-corrected chi connectivity index (χ3v) is 5.47. The van der Waals surface area contributed by atoms with Crippen LogP contribution in [0.25, 0.3) is 16.5 Å². The van der Waals surface area contributed by atoms with Gasteiger partial charge in [0.25, 0.3) is 0 Å². The number of benzene rings is 2. The van der Waals surface area contributed by atoms with Crippen molar-refractivity contribution in [3.63, 3.8) is 0 Å². The summed E-state index contributed by atoms with van der Waals surface area (Å²) in [4.78, 5) is 0. The van der Waals surface area contributed by atoms with E-state index in [0.29, 0.717) is 0 Å². The summed E-state index contributed by atoms with van der Waals surface area (Å²) in [5.74, 6) is 1.94. The molecule has 164 valence electrons. The Balaban J connectivity index is 0.000000741. The van der Waals surface area contributed by atoms with E-state index >= 15 is 0 Å². The minimum atomic E-state index is -1.75. The summed E-state index contributed by atoms with van der Waals surface area (Å²) < 4.78 is 13.9. The third-order valence-electron chi connectivity index (χ3n) is 4.66. The van der Waals surface area contributed by atoms with Crippen molar-refractivity contribution in [3.05, 3.63) is 83.1 Å². The Morgan fingerprint density at radius 3 is 2.13 bits per heavy atom. The number of allylic oxidation sites excluding steroid dienone is 1. The quantitative estimate of drug-likeness (QED) is 0.350. The van der Waals surface area contributed by atoms with Crippen molar-refractivity contribution < 1.29 is 58.2 Å².